The van der Waals surface area contributed by atoms with E-state index in [1.165, 1.54) is 0 Å². The van der Waals surface area contributed by atoms with Gasteiger partial charge in [0, 0.05) is 9.13 Å². The second-order valence-electron chi connectivity index (χ2n) is 2.40. The molecule has 4 heteroatoms. The van der Waals surface area contributed by atoms with Crippen molar-refractivity contribution in [1.82, 2.24) is 0 Å². The number of benzene rings is 1. The van der Waals surface area contributed by atoms with Gasteiger partial charge < -0.3 is 0 Å². The zero-order chi connectivity index (χ0) is 9.84. The normalized spacial score (nSPS) is 9.69. The number of hydrogen-bond acceptors (Lipinski definition) is 2. The Morgan fingerprint density at radius 1 is 1.38 bits per heavy atom. The lowest BCUT2D eigenvalue weighted by Crippen LogP contribution is -2.14. The van der Waals surface area contributed by atoms with Gasteiger partial charge in [0.15, 0.2) is 0 Å². The Hall–Kier alpha value is -0.230. The maximum Gasteiger partial charge on any atom is 0.229 e. The number of carbonyl (C=O) groups excluding carboxylic acids is 2. The van der Waals surface area contributed by atoms with Crippen molar-refractivity contribution in [2.24, 2.45) is 0 Å². The van der Waals surface area contributed by atoms with Crippen molar-refractivity contribution in [1.29, 1.82) is 0 Å². The van der Waals surface area contributed by atoms with E-state index in [9.17, 15) is 9.59 Å². The zero-order valence-corrected chi connectivity index (χ0v) is 10.3. The third-order valence-corrected chi connectivity index (χ3v) is 2.64. The van der Waals surface area contributed by atoms with Crippen LogP contribution in [0, 0.1) is 3.57 Å². The van der Waals surface area contributed by atoms with Crippen molar-refractivity contribution in [3.8, 4) is 0 Å². The molecule has 2 nitrogen and oxygen atoms in total. The van der Waals surface area contributed by atoms with Gasteiger partial charge in [-0.2, -0.15) is 0 Å². The Balaban J connectivity index is 2.95. The van der Waals surface area contributed by atoms with Crippen molar-refractivity contribution in [3.63, 3.8) is 0 Å². The number of alkyl halides is 1. The largest absolute Gasteiger partial charge is 0.290 e. The molecule has 1 aromatic carbocycles. The molecule has 13 heavy (non-hydrogen) atoms. The molecule has 0 fully saturated rings. The Kier molecular flexibility index (Phi) is 4.05. The molecule has 0 saturated carbocycles. The quantitative estimate of drug-likeness (QED) is 0.362. The summed E-state index contributed by atoms with van der Waals surface area (Å²) in [7, 11) is 0. The molecule has 0 unspecified atom stereocenters. The van der Waals surface area contributed by atoms with Crippen LogP contribution in [0.25, 0.3) is 0 Å². The predicted molar refractivity (Wildman–Crippen MR) is 62.3 cm³/mol. The van der Waals surface area contributed by atoms with Crippen molar-refractivity contribution in [3.05, 3.63) is 33.4 Å². The number of ketones is 2. The number of rotatable bonds is 3. The van der Waals surface area contributed by atoms with Crippen LogP contribution in [-0.4, -0.2) is 16.9 Å². The van der Waals surface area contributed by atoms with Crippen molar-refractivity contribution < 1.29 is 9.59 Å². The minimum atomic E-state index is -0.435. The highest BCUT2D eigenvalue weighted by Gasteiger charge is 2.14. The molecule has 0 radical (unpaired) electrons. The fourth-order valence-electron chi connectivity index (χ4n) is 0.851. The molecular weight excluding hydrogens is 347 g/mol. The molecule has 1 rings (SSSR count). The fourth-order valence-corrected chi connectivity index (χ4v) is 1.65. The van der Waals surface area contributed by atoms with Gasteiger partial charge in [-0.1, -0.05) is 28.1 Å². The highest BCUT2D eigenvalue weighted by Crippen LogP contribution is 2.09. The van der Waals surface area contributed by atoms with Crippen LogP contribution in [-0.2, 0) is 4.79 Å². The lowest BCUT2D eigenvalue weighted by atomic mass is 10.1. The minimum Gasteiger partial charge on any atom is -0.290 e. The molecule has 0 aromatic heterocycles. The van der Waals surface area contributed by atoms with Crippen LogP contribution in [0.1, 0.15) is 10.4 Å². The first-order valence-electron chi connectivity index (χ1n) is 3.54. The zero-order valence-electron chi connectivity index (χ0n) is 6.59. The van der Waals surface area contributed by atoms with Crippen LogP contribution in [0.3, 0.4) is 0 Å². The van der Waals surface area contributed by atoms with Gasteiger partial charge in [-0.05, 0) is 34.7 Å². The molecule has 0 aliphatic carbocycles. The Labute approximate surface area is 98.0 Å². The van der Waals surface area contributed by atoms with Gasteiger partial charge >= 0.3 is 0 Å². The standard InChI is InChI=1S/C9H6BrIO2/c10-5-8(12)9(13)6-2-1-3-7(11)4-6/h1-4H,5H2. The van der Waals surface area contributed by atoms with Gasteiger partial charge in [0.25, 0.3) is 0 Å². The summed E-state index contributed by atoms with van der Waals surface area (Å²) in [4.78, 5) is 22.4. The van der Waals surface area contributed by atoms with Crippen molar-refractivity contribution >= 4 is 50.1 Å². The molecule has 0 N–H and O–H groups in total. The van der Waals surface area contributed by atoms with Gasteiger partial charge in [0.05, 0.1) is 5.33 Å². The van der Waals surface area contributed by atoms with Gasteiger partial charge in [0.1, 0.15) is 0 Å². The highest BCUT2D eigenvalue weighted by molar-refractivity contribution is 14.1. The van der Waals surface area contributed by atoms with Crippen LogP contribution < -0.4 is 0 Å². The summed E-state index contributed by atoms with van der Waals surface area (Å²) in [6.07, 6.45) is 0. The molecule has 0 spiro atoms. The highest BCUT2D eigenvalue weighted by atomic mass is 127. The Morgan fingerprint density at radius 2 is 2.08 bits per heavy atom. The monoisotopic (exact) mass is 352 g/mol. The Bertz CT molecular complexity index is 349. The number of carbonyl (C=O) groups is 2. The second kappa shape index (κ2) is 4.85. The van der Waals surface area contributed by atoms with E-state index in [0.29, 0.717) is 5.56 Å². The van der Waals surface area contributed by atoms with E-state index in [1.807, 2.05) is 6.07 Å². The predicted octanol–water partition coefficient (Wildman–Crippen LogP) is 2.44. The summed E-state index contributed by atoms with van der Waals surface area (Å²) in [6, 6.07) is 6.97. The van der Waals surface area contributed by atoms with E-state index >= 15 is 0 Å². The number of halogens is 2. The SMILES string of the molecule is O=C(CBr)C(=O)c1cccc(I)c1. The van der Waals surface area contributed by atoms with Gasteiger partial charge in [-0.25, -0.2) is 0 Å². The van der Waals surface area contributed by atoms with Gasteiger partial charge in [0.2, 0.25) is 11.6 Å². The average Bonchev–Trinajstić information content (AvgIpc) is 2.15. The molecule has 0 aliphatic heterocycles. The lowest BCUT2D eigenvalue weighted by molar-refractivity contribution is -0.112. The minimum absolute atomic E-state index is 0.0807. The molecule has 68 valence electrons. The van der Waals surface area contributed by atoms with Crippen LogP contribution in [0.15, 0.2) is 24.3 Å². The average molecular weight is 353 g/mol. The third kappa shape index (κ3) is 2.87. The lowest BCUT2D eigenvalue weighted by Gasteiger charge is -1.97. The second-order valence-corrected chi connectivity index (χ2v) is 4.20. The number of hydrogen-bond donors (Lipinski definition) is 0. The van der Waals surface area contributed by atoms with E-state index in [0.717, 1.165) is 3.57 Å². The van der Waals surface area contributed by atoms with Crippen molar-refractivity contribution in [2.45, 2.75) is 0 Å². The van der Waals surface area contributed by atoms with E-state index in [4.69, 9.17) is 0 Å². The summed E-state index contributed by atoms with van der Waals surface area (Å²) in [5, 5.41) is 0.0807. The maximum absolute atomic E-state index is 11.3. The smallest absolute Gasteiger partial charge is 0.229 e. The molecule has 0 atom stereocenters. The molecule has 0 heterocycles. The van der Waals surface area contributed by atoms with Crippen LogP contribution in [0.2, 0.25) is 0 Å². The fraction of sp³-hybridized carbons (Fsp3) is 0.111. The Morgan fingerprint density at radius 3 is 2.62 bits per heavy atom. The summed E-state index contributed by atoms with van der Waals surface area (Å²) >= 11 is 5.06. The first kappa shape index (κ1) is 10.8. The number of Topliss-reactive ketones (excluding diaryl/α,β-unsaturated/α-hetero) is 2. The van der Waals surface area contributed by atoms with E-state index in [1.54, 1.807) is 18.2 Å². The van der Waals surface area contributed by atoms with Crippen molar-refractivity contribution in [2.75, 3.05) is 5.33 Å². The van der Waals surface area contributed by atoms with E-state index in [-0.39, 0.29) is 5.33 Å². The molecule has 0 bridgehead atoms. The molecule has 0 saturated heterocycles. The van der Waals surface area contributed by atoms with Crippen LogP contribution >= 0.6 is 38.5 Å². The summed E-state index contributed by atoms with van der Waals surface area (Å²) in [6.45, 7) is 0. The van der Waals surface area contributed by atoms with Gasteiger partial charge in [-0.15, -0.1) is 0 Å². The molecule has 0 amide bonds. The molecule has 0 aliphatic rings. The third-order valence-electron chi connectivity index (χ3n) is 1.46. The molecule has 1 aromatic rings. The van der Waals surface area contributed by atoms with Gasteiger partial charge in [-0.3, -0.25) is 9.59 Å². The van der Waals surface area contributed by atoms with E-state index in [2.05, 4.69) is 38.5 Å². The topological polar surface area (TPSA) is 34.1 Å². The first-order chi connectivity index (χ1) is 6.15. The van der Waals surface area contributed by atoms with Crippen LogP contribution in [0.4, 0.5) is 0 Å². The summed E-state index contributed by atoms with van der Waals surface area (Å²) < 4.78 is 0.950. The molecular formula is C9H6BrIO2. The van der Waals surface area contributed by atoms with Crippen LogP contribution in [0.5, 0.6) is 0 Å². The summed E-state index contributed by atoms with van der Waals surface area (Å²) in [5.74, 6) is -0.850. The van der Waals surface area contributed by atoms with E-state index < -0.39 is 11.6 Å². The summed E-state index contributed by atoms with van der Waals surface area (Å²) in [5.41, 5.74) is 0.455. The first-order valence-corrected chi connectivity index (χ1v) is 5.74. The maximum atomic E-state index is 11.3.